The summed E-state index contributed by atoms with van der Waals surface area (Å²) >= 11 is 4.75. The van der Waals surface area contributed by atoms with E-state index in [9.17, 15) is 0 Å². The predicted octanol–water partition coefficient (Wildman–Crippen LogP) is -0.434. The van der Waals surface area contributed by atoms with Gasteiger partial charge >= 0.3 is 29.5 Å². The zero-order valence-electron chi connectivity index (χ0n) is 2.94. The fourth-order valence-corrected chi connectivity index (χ4v) is 0. The number of halogens is 1. The maximum atomic E-state index is 8.58. The van der Waals surface area contributed by atoms with Gasteiger partial charge < -0.3 is 5.73 Å². The number of rotatable bonds is 0. The van der Waals surface area contributed by atoms with E-state index in [0.29, 0.717) is 0 Å². The fraction of sp³-hybridized carbons (Fsp3) is 0. The Morgan fingerprint density at radius 1 is 1.80 bits per heavy atom. The van der Waals surface area contributed by atoms with Crippen molar-refractivity contribution in [1.82, 2.24) is 0 Å². The van der Waals surface area contributed by atoms with E-state index in [1.165, 1.54) is 0 Å². The Bertz CT molecular complexity index is 19.1. The third-order valence-corrected chi connectivity index (χ3v) is 0. The van der Waals surface area contributed by atoms with Crippen LogP contribution in [0.2, 0.25) is 0 Å². The molecule has 0 saturated carbocycles. The van der Waals surface area contributed by atoms with Gasteiger partial charge in [-0.1, -0.05) is 0 Å². The number of carbonyl (C=O) groups excluding carboxylic acids is 1. The molecule has 0 bridgehead atoms. The van der Waals surface area contributed by atoms with Gasteiger partial charge in [-0.15, -0.1) is 0 Å². The molecule has 0 heterocycles. The fourth-order valence-electron chi connectivity index (χ4n) is 0. The predicted molar refractivity (Wildman–Crippen MR) is 24.9 cm³/mol. The third-order valence-electron chi connectivity index (χ3n) is 0. The summed E-state index contributed by atoms with van der Waals surface area (Å²) in [4.78, 5) is 8.58. The number of hydrogen-bond donors (Lipinski definition) is 1. The molecule has 1 amide bonds. The van der Waals surface area contributed by atoms with Crippen LogP contribution < -0.4 is 5.73 Å². The van der Waals surface area contributed by atoms with Crippen LogP contribution in [-0.2, 0) is 4.79 Å². The van der Waals surface area contributed by atoms with Crippen LogP contribution in [0.4, 0.5) is 0 Å². The van der Waals surface area contributed by atoms with Crippen LogP contribution in [0.25, 0.3) is 0 Å². The molecular formula is CH3BrLiNO. The van der Waals surface area contributed by atoms with Crippen LogP contribution in [0.15, 0.2) is 0 Å². The number of amides is 1. The third kappa shape index (κ3) is 98.5. The molecule has 0 aliphatic carbocycles. The van der Waals surface area contributed by atoms with Gasteiger partial charge in [0.05, 0.1) is 0 Å². The van der Waals surface area contributed by atoms with Crippen molar-refractivity contribution < 1.29 is 4.79 Å². The van der Waals surface area contributed by atoms with Crippen molar-refractivity contribution in [3.63, 3.8) is 0 Å². The van der Waals surface area contributed by atoms with Gasteiger partial charge in [-0.25, -0.2) is 0 Å². The van der Waals surface area contributed by atoms with E-state index >= 15 is 0 Å². The summed E-state index contributed by atoms with van der Waals surface area (Å²) < 4.78 is 0. The first-order chi connectivity index (χ1) is 2.41. The average molecular weight is 132 g/mol. The molecular weight excluding hydrogens is 129 g/mol. The summed E-state index contributed by atoms with van der Waals surface area (Å²) in [6.45, 7) is 0. The van der Waals surface area contributed by atoms with Gasteiger partial charge in [0.25, 0.3) is 0 Å². The standard InChI is InChI=1S/CH3NO.BrH.Li/c2-1-3;;/h1H,(H2,2,3);1H;/q;;+1/p-1. The first kappa shape index (κ1) is 9.12. The van der Waals surface area contributed by atoms with Crippen LogP contribution >= 0.6 is 13.7 Å². The maximum absolute atomic E-state index is 8.58. The Balaban J connectivity index is 0. The minimum absolute atomic E-state index is 0.250. The van der Waals surface area contributed by atoms with Crippen molar-refractivity contribution in [3.8, 4) is 0 Å². The topological polar surface area (TPSA) is 43.1 Å². The Morgan fingerprint density at radius 3 is 1.80 bits per heavy atom. The van der Waals surface area contributed by atoms with Crippen molar-refractivity contribution in [3.05, 3.63) is 0 Å². The summed E-state index contributed by atoms with van der Waals surface area (Å²) in [5.41, 5.74) is 4.17. The first-order valence-corrected chi connectivity index (χ1v) is 2.53. The normalized spacial score (nSPS) is 3.80. The average Bonchev–Trinajstić information content (AvgIpc) is 1.46. The Hall–Kier alpha value is 0.547. The molecule has 0 aliphatic heterocycles. The van der Waals surface area contributed by atoms with Crippen molar-refractivity contribution >= 4 is 36.0 Å². The molecule has 4 heteroatoms. The van der Waals surface area contributed by atoms with Gasteiger partial charge in [0.1, 0.15) is 0 Å². The second-order valence-corrected chi connectivity index (χ2v) is 0.136. The molecule has 0 aliphatic rings. The molecule has 0 aromatic rings. The Labute approximate surface area is 46.8 Å². The summed E-state index contributed by atoms with van der Waals surface area (Å²) in [6.07, 6.45) is 0.250. The molecule has 0 fully saturated rings. The molecule has 0 rings (SSSR count). The summed E-state index contributed by atoms with van der Waals surface area (Å²) in [5.74, 6) is 0. The van der Waals surface area contributed by atoms with E-state index in [-0.39, 0.29) is 6.41 Å². The molecule has 26 valence electrons. The number of carbonyl (C=O) groups is 1. The molecule has 0 aromatic heterocycles. The van der Waals surface area contributed by atoms with E-state index in [1.807, 2.05) is 15.8 Å². The molecule has 0 atom stereocenters. The van der Waals surface area contributed by atoms with Crippen LogP contribution in [0.5, 0.6) is 0 Å². The van der Waals surface area contributed by atoms with Crippen molar-refractivity contribution in [2.45, 2.75) is 0 Å². The molecule has 0 unspecified atom stereocenters. The van der Waals surface area contributed by atoms with Crippen LogP contribution in [0.3, 0.4) is 0 Å². The van der Waals surface area contributed by atoms with E-state index in [2.05, 4.69) is 19.5 Å². The molecule has 5 heavy (non-hydrogen) atoms. The molecule has 0 spiro atoms. The van der Waals surface area contributed by atoms with E-state index in [0.717, 1.165) is 0 Å². The Morgan fingerprint density at radius 2 is 1.80 bits per heavy atom. The molecule has 0 saturated heterocycles. The summed E-state index contributed by atoms with van der Waals surface area (Å²) in [5, 5.41) is 0. The quantitative estimate of drug-likeness (QED) is 0.352. The molecule has 2 nitrogen and oxygen atoms in total. The number of primary amides is 1. The van der Waals surface area contributed by atoms with Gasteiger partial charge in [0.2, 0.25) is 6.41 Å². The van der Waals surface area contributed by atoms with E-state index < -0.39 is 0 Å². The van der Waals surface area contributed by atoms with Gasteiger partial charge in [-0.05, 0) is 0 Å². The minimum atomic E-state index is 0.250. The molecule has 2 N–H and O–H groups in total. The Kier molecular flexibility index (Phi) is 43.6. The monoisotopic (exact) mass is 131 g/mol. The van der Waals surface area contributed by atoms with Gasteiger partial charge in [-0.2, -0.15) is 0 Å². The second kappa shape index (κ2) is 23.9. The van der Waals surface area contributed by atoms with Gasteiger partial charge in [0.15, 0.2) is 0 Å². The second-order valence-electron chi connectivity index (χ2n) is 0.136. The van der Waals surface area contributed by atoms with Crippen LogP contribution in [-0.4, -0.2) is 22.2 Å². The SMILES string of the molecule is NC=O.[Li][Br]. The molecule has 0 aromatic carbocycles. The van der Waals surface area contributed by atoms with Crippen molar-refractivity contribution in [2.24, 2.45) is 5.73 Å². The first-order valence-electron chi connectivity index (χ1n) is 0.947. The molecule has 0 radical (unpaired) electrons. The number of hydrogen-bond acceptors (Lipinski definition) is 1. The summed E-state index contributed by atoms with van der Waals surface area (Å²) in [7, 11) is 0. The zero-order valence-corrected chi connectivity index (χ0v) is 4.53. The van der Waals surface area contributed by atoms with Crippen LogP contribution in [0, 0.1) is 0 Å². The van der Waals surface area contributed by atoms with Crippen molar-refractivity contribution in [1.29, 1.82) is 0 Å². The zero-order chi connectivity index (χ0) is 4.71. The summed E-state index contributed by atoms with van der Waals surface area (Å²) in [6, 6.07) is 0. The number of nitrogens with two attached hydrogens (primary N) is 1. The van der Waals surface area contributed by atoms with Crippen LogP contribution in [0.1, 0.15) is 0 Å². The van der Waals surface area contributed by atoms with Crippen molar-refractivity contribution in [2.75, 3.05) is 0 Å². The van der Waals surface area contributed by atoms with Gasteiger partial charge in [-0.3, -0.25) is 4.79 Å². The van der Waals surface area contributed by atoms with E-state index in [1.54, 1.807) is 0 Å². The van der Waals surface area contributed by atoms with E-state index in [4.69, 9.17) is 4.79 Å². The van der Waals surface area contributed by atoms with Gasteiger partial charge in [0, 0.05) is 0 Å².